The summed E-state index contributed by atoms with van der Waals surface area (Å²) in [4.78, 5) is 146. The van der Waals surface area contributed by atoms with Crippen LogP contribution >= 0.6 is 71.2 Å². The molecule has 0 radical (unpaired) electrons. The topological polar surface area (TPSA) is 831 Å². The monoisotopic (exact) mass is 2100 g/mol. The maximum absolute atomic E-state index is 12.2. The van der Waals surface area contributed by atoms with Crippen molar-refractivity contribution in [2.24, 2.45) is 54.4 Å². The maximum atomic E-state index is 12.2. The van der Waals surface area contributed by atoms with Gasteiger partial charge in [-0.3, -0.25) is 79.7 Å². The second-order valence-corrected chi connectivity index (χ2v) is 31.3. The highest BCUT2D eigenvalue weighted by Crippen LogP contribution is 2.24. The Morgan fingerprint density at radius 2 is 0.599 bits per heavy atom. The number of aryl methyl sites for hydroxylation is 4. The number of nitrogens with zero attached hydrogens (tertiary/aromatic N) is 14. The van der Waals surface area contributed by atoms with E-state index in [1.807, 2.05) is 96.7 Å². The Kier molecular flexibility index (Phi) is 58.6. The number of hydrogen-bond donors (Lipinski definition) is 23. The number of unbranched alkanes of at least 4 members (excludes halogenated alkanes) is 4. The Bertz CT molecular complexity index is 5260. The minimum Gasteiger partial charge on any atom is -0.484 e. The van der Waals surface area contributed by atoms with Gasteiger partial charge in [0.25, 0.3) is 41.4 Å². The van der Waals surface area contributed by atoms with E-state index in [4.69, 9.17) is 161 Å². The fourth-order valence-electron chi connectivity index (χ4n) is 11.4. The van der Waals surface area contributed by atoms with Gasteiger partial charge < -0.3 is 135 Å². The van der Waals surface area contributed by atoms with E-state index in [9.17, 15) is 38.4 Å². The van der Waals surface area contributed by atoms with Gasteiger partial charge in [-0.1, -0.05) is 94.9 Å². The molecule has 8 rings (SSSR count). The van der Waals surface area contributed by atoms with Crippen LogP contribution in [-0.4, -0.2) is 276 Å². The molecule has 0 fully saturated rings. The van der Waals surface area contributed by atoms with Crippen molar-refractivity contribution in [2.75, 3.05) is 191 Å². The van der Waals surface area contributed by atoms with Gasteiger partial charge in [0.1, 0.15) is 29.6 Å². The van der Waals surface area contributed by atoms with Gasteiger partial charge in [0.05, 0.1) is 13.2 Å². The molecule has 142 heavy (non-hydrogen) atoms. The van der Waals surface area contributed by atoms with Crippen molar-refractivity contribution in [1.82, 2.24) is 86.9 Å². The summed E-state index contributed by atoms with van der Waals surface area (Å²) in [5.41, 5.74) is 81.8. The smallest absolute Gasteiger partial charge is 0.344 e. The molecule has 4 heterocycles. The van der Waals surface area contributed by atoms with Crippen LogP contribution in [0.2, 0.25) is 20.6 Å². The number of guanidine groups is 4. The largest absolute Gasteiger partial charge is 0.484 e. The second-order valence-electron chi connectivity index (χ2n) is 29.9. The normalized spacial score (nSPS) is 11.1. The lowest BCUT2D eigenvalue weighted by atomic mass is 10.1. The lowest BCUT2D eigenvalue weighted by Crippen LogP contribution is -2.39. The quantitative estimate of drug-likeness (QED) is 0.0107. The molecule has 7 amide bonds. The van der Waals surface area contributed by atoms with Crippen LogP contribution in [-0.2, 0) is 49.6 Å². The van der Waals surface area contributed by atoms with Crippen LogP contribution in [0.5, 0.6) is 23.0 Å². The Morgan fingerprint density at radius 3 is 0.845 bits per heavy atom. The van der Waals surface area contributed by atoms with Crippen molar-refractivity contribution in [3.8, 4) is 23.0 Å². The van der Waals surface area contributed by atoms with Gasteiger partial charge in [0.15, 0.2) is 140 Å². The summed E-state index contributed by atoms with van der Waals surface area (Å²) >= 11 is 23.1. The van der Waals surface area contributed by atoms with Crippen molar-refractivity contribution in [2.45, 2.75) is 77.0 Å². The van der Waals surface area contributed by atoms with Gasteiger partial charge in [-0.25, -0.2) is 44.7 Å². The number of carbonyl (C=O) groups is 8. The fraction of sp³-hybridized carbons (Fsp3) is 0.395. The number of aliphatic hydroxyl groups is 2. The number of carbonyl (C=O) groups excluding carboxylic acids is 8. The SMILES string of the molecule is CN(C)CCNC(=O)COc1ccc(CCCCN=C(N)NC(=O)c2nc(Cl)c(N)nc2N)cc1.Cl.Cl.NC(=NCCCCc1ccc(OCC(=O)NCCN(CCO)CCO)cc1)NC(=O)c1nc(Cl)c(N)nc1N.NCCNC(=O)COc1ccc(CCCCN=C(N)NC(=O)c2nc(Cl)c(N)nc2N)cc1.NCCOC(=O)COc1ccc(CCCCN=C(N)NC(=O)c2nc(Cl)c(N)nc2N)cc1. The van der Waals surface area contributed by atoms with E-state index >= 15 is 0 Å². The maximum Gasteiger partial charge on any atom is 0.344 e. The molecular formula is C86H125Cl6N35O15. The number of rotatable bonds is 50. The Hall–Kier alpha value is -14.1. The summed E-state index contributed by atoms with van der Waals surface area (Å²) in [6, 6.07) is 30.0. The molecule has 37 N–H and O–H groups in total. The molecular weight excluding hydrogens is 1980 g/mol. The van der Waals surface area contributed by atoms with Gasteiger partial charge >= 0.3 is 5.97 Å². The highest BCUT2D eigenvalue weighted by atomic mass is 35.5. The number of aliphatic imine (C=N–C) groups is 4. The van der Waals surface area contributed by atoms with Crippen molar-refractivity contribution < 1.29 is 72.3 Å². The minimum atomic E-state index is -0.689. The summed E-state index contributed by atoms with van der Waals surface area (Å²) in [7, 11) is 3.89. The second kappa shape index (κ2) is 68.1. The lowest BCUT2D eigenvalue weighted by molar-refractivity contribution is -0.145. The summed E-state index contributed by atoms with van der Waals surface area (Å²) in [6.07, 6.45) is 9.69. The van der Waals surface area contributed by atoms with Gasteiger partial charge in [-0.15, -0.1) is 24.8 Å². The number of esters is 1. The summed E-state index contributed by atoms with van der Waals surface area (Å²) in [5.74, 6) is -2.60. The lowest BCUT2D eigenvalue weighted by Gasteiger charge is -2.20. The van der Waals surface area contributed by atoms with Crippen LogP contribution < -0.4 is 136 Å². The zero-order valence-electron chi connectivity index (χ0n) is 78.2. The molecule has 0 unspecified atom stereocenters. The zero-order valence-corrected chi connectivity index (χ0v) is 82.9. The molecule has 0 saturated carbocycles. The van der Waals surface area contributed by atoms with E-state index in [1.54, 1.807) is 24.3 Å². The average molecular weight is 2100 g/mol. The molecule has 0 aliphatic heterocycles. The zero-order chi connectivity index (χ0) is 103. The van der Waals surface area contributed by atoms with E-state index in [1.165, 1.54) is 0 Å². The van der Waals surface area contributed by atoms with E-state index in [-0.39, 0.29) is 209 Å². The molecule has 0 spiro atoms. The number of aliphatic hydroxyl groups excluding tert-OH is 2. The first-order valence-electron chi connectivity index (χ1n) is 43.6. The van der Waals surface area contributed by atoms with Crippen LogP contribution in [0.3, 0.4) is 0 Å². The Morgan fingerprint density at radius 1 is 0.345 bits per heavy atom. The molecule has 0 bridgehead atoms. The first kappa shape index (κ1) is 122. The number of nitrogen functional groups attached to an aromatic ring is 8. The van der Waals surface area contributed by atoms with Crippen LogP contribution in [0.25, 0.3) is 0 Å². The van der Waals surface area contributed by atoms with Crippen molar-refractivity contribution in [1.29, 1.82) is 0 Å². The summed E-state index contributed by atoms with van der Waals surface area (Å²) < 4.78 is 26.7. The van der Waals surface area contributed by atoms with Gasteiger partial charge in [-0.2, -0.15) is 0 Å². The van der Waals surface area contributed by atoms with Gasteiger partial charge in [0, 0.05) is 85.1 Å². The first-order chi connectivity index (χ1) is 67.0. The van der Waals surface area contributed by atoms with Crippen LogP contribution in [0.15, 0.2) is 117 Å². The van der Waals surface area contributed by atoms with Gasteiger partial charge in [-0.05, 0) is 162 Å². The van der Waals surface area contributed by atoms with Crippen molar-refractivity contribution in [3.63, 3.8) is 0 Å². The predicted octanol–water partition coefficient (Wildman–Crippen LogP) is 0.463. The molecule has 0 aliphatic rings. The number of nitrogens with two attached hydrogens (primary N) is 14. The predicted molar refractivity (Wildman–Crippen MR) is 551 cm³/mol. The van der Waals surface area contributed by atoms with E-state index in [0.29, 0.717) is 95.0 Å². The number of benzene rings is 4. The molecule has 0 atom stereocenters. The summed E-state index contributed by atoms with van der Waals surface area (Å²) in [5, 5.41) is 35.2. The molecule has 776 valence electrons. The van der Waals surface area contributed by atoms with Gasteiger partial charge in [0.2, 0.25) is 0 Å². The number of aromatic nitrogens is 8. The molecule has 4 aromatic heterocycles. The Balaban J connectivity index is 0.000000486. The highest BCUT2D eigenvalue weighted by Gasteiger charge is 2.22. The third kappa shape index (κ3) is 49.2. The molecule has 0 saturated heterocycles. The number of likely N-dealkylation sites (N-methyl/N-ethyl adjacent to an activating group) is 1. The fourth-order valence-corrected chi connectivity index (χ4v) is 11.9. The highest BCUT2D eigenvalue weighted by molar-refractivity contribution is 6.33. The average Bonchev–Trinajstić information content (AvgIpc) is 0.844. The Labute approximate surface area is 851 Å². The summed E-state index contributed by atoms with van der Waals surface area (Å²) in [6.45, 7) is 5.70. The van der Waals surface area contributed by atoms with Crippen LogP contribution in [0.4, 0.5) is 46.5 Å². The van der Waals surface area contributed by atoms with Crippen LogP contribution in [0.1, 0.15) is 116 Å². The number of hydrogen-bond acceptors (Lipinski definition) is 39. The molecule has 4 aromatic carbocycles. The van der Waals surface area contributed by atoms with Crippen molar-refractivity contribution in [3.05, 3.63) is 163 Å². The third-order valence-electron chi connectivity index (χ3n) is 18.5. The number of anilines is 8. The molecule has 0 aliphatic carbocycles. The molecule has 56 heteroatoms. The van der Waals surface area contributed by atoms with Crippen molar-refractivity contribution >= 4 is 189 Å². The number of halogens is 6. The van der Waals surface area contributed by atoms with E-state index in [2.05, 4.69) is 97.1 Å². The molecule has 50 nitrogen and oxygen atoms in total. The number of amides is 7. The minimum absolute atomic E-state index is 0. The standard InChI is InChI=1S/C24H36ClN9O5.C22H32ClN9O3.C20H28ClN9O3.C20H27ClN8O4.2ClH/c25-20-22(27)32-21(26)19(31-20)23(38)33-24(28)30-8-2-1-3-16-4-6-17(7-5-16)39-15-18(37)29-9-10-34(11-13-35)12-14-36;1-32(2)12-11-27-16(33)13-35-15-8-6-14(7-9-15)5-3-4-10-28-22(26)31-21(34)17-19(24)30-20(25)18(23)29-17;21-16-18(24)29-17(23)15(28-16)19(32)30-20(25)27-9-2-1-3-12-4-6-13(7-5-12)33-11-14(31)26-10-8-22;21-16-18(24)28-17(23)15(27-16)19(31)29-20(25)26-9-2-1-3-12-4-6-13(7-5-12)33-11-14(30)32-10-8-22;;/h4-7,35-36H,1-3,8-15H2,(H,29,37)(H4,26,27,32)(H3,28,30,33,38);6-9H,3-5,10-13H2,1-2H3,(H,27,33)(H4,24,25,30)(H3,26,28,31,34);4-7H,1-3,8-11,22H2,(H,26,31)(H4,23,24,29)(H3,25,27,30,32);4-7H,1-3,8-11,22H2,(H4,23,24,28)(H3,25,26,29,31);2*1H. The van der Waals surface area contributed by atoms with Crippen LogP contribution in [0, 0.1) is 0 Å². The van der Waals surface area contributed by atoms with E-state index < -0.39 is 29.6 Å². The number of nitrogens with one attached hydrogen (secondary N) is 7. The third-order valence-corrected chi connectivity index (χ3v) is 19.7. The first-order valence-corrected chi connectivity index (χ1v) is 45.1. The molecule has 8 aromatic rings. The van der Waals surface area contributed by atoms with E-state index in [0.717, 1.165) is 106 Å². The number of ether oxygens (including phenoxy) is 5.